The zero-order chi connectivity index (χ0) is 17.9. The van der Waals surface area contributed by atoms with Crippen LogP contribution in [0.1, 0.15) is 17.2 Å². The maximum Gasteiger partial charge on any atom is 0.321 e. The molecule has 1 fully saturated rings. The minimum absolute atomic E-state index is 0.110. The van der Waals surface area contributed by atoms with E-state index >= 15 is 0 Å². The van der Waals surface area contributed by atoms with Crippen molar-refractivity contribution < 1.29 is 23.1 Å². The molecule has 132 valence electrons. The lowest BCUT2D eigenvalue weighted by molar-refractivity contribution is -0.139. The SMILES string of the molecule is O=C(O)C1CS(=O)(=O)CC(c2ccc(OCc3ccccc3)cc2)N1. The first-order valence-corrected chi connectivity index (χ1v) is 9.71. The Bertz CT molecular complexity index is 834. The van der Waals surface area contributed by atoms with E-state index in [1.165, 1.54) is 0 Å². The lowest BCUT2D eigenvalue weighted by Crippen LogP contribution is -2.51. The van der Waals surface area contributed by atoms with Crippen LogP contribution in [0.4, 0.5) is 0 Å². The summed E-state index contributed by atoms with van der Waals surface area (Å²) in [6.45, 7) is 0.442. The fraction of sp³-hybridized carbons (Fsp3) is 0.278. The number of ether oxygens (including phenoxy) is 1. The first-order chi connectivity index (χ1) is 11.9. The summed E-state index contributed by atoms with van der Waals surface area (Å²) in [5.74, 6) is -0.977. The number of hydrogen-bond donors (Lipinski definition) is 2. The lowest BCUT2D eigenvalue weighted by atomic mass is 10.1. The van der Waals surface area contributed by atoms with Crippen molar-refractivity contribution in [1.82, 2.24) is 5.32 Å². The molecule has 0 bridgehead atoms. The van der Waals surface area contributed by atoms with Crippen LogP contribution in [0.2, 0.25) is 0 Å². The van der Waals surface area contributed by atoms with Crippen LogP contribution in [0.25, 0.3) is 0 Å². The molecule has 2 atom stereocenters. The zero-order valence-electron chi connectivity index (χ0n) is 13.5. The Labute approximate surface area is 146 Å². The highest BCUT2D eigenvalue weighted by atomic mass is 32.2. The summed E-state index contributed by atoms with van der Waals surface area (Å²) < 4.78 is 29.6. The van der Waals surface area contributed by atoms with Crippen molar-refractivity contribution in [3.05, 3.63) is 65.7 Å². The molecule has 6 nitrogen and oxygen atoms in total. The van der Waals surface area contributed by atoms with Gasteiger partial charge in [-0.15, -0.1) is 0 Å². The van der Waals surface area contributed by atoms with Crippen LogP contribution in [0.15, 0.2) is 54.6 Å². The largest absolute Gasteiger partial charge is 0.489 e. The molecule has 2 N–H and O–H groups in total. The van der Waals surface area contributed by atoms with Gasteiger partial charge < -0.3 is 9.84 Å². The van der Waals surface area contributed by atoms with Crippen molar-refractivity contribution in [2.24, 2.45) is 0 Å². The molecule has 0 aliphatic carbocycles. The fourth-order valence-electron chi connectivity index (χ4n) is 2.79. The fourth-order valence-corrected chi connectivity index (χ4v) is 4.47. The molecule has 1 saturated heterocycles. The van der Waals surface area contributed by atoms with Gasteiger partial charge in [0.15, 0.2) is 9.84 Å². The predicted octanol–water partition coefficient (Wildman–Crippen LogP) is 1.78. The summed E-state index contributed by atoms with van der Waals surface area (Å²) in [6.07, 6.45) is 0. The molecular formula is C18H19NO5S. The van der Waals surface area contributed by atoms with Crippen LogP contribution in [0.5, 0.6) is 5.75 Å². The number of carboxylic acid groups (broad SMARTS) is 1. The molecule has 3 rings (SSSR count). The maximum absolute atomic E-state index is 11.9. The number of sulfone groups is 1. The first-order valence-electron chi connectivity index (χ1n) is 7.89. The van der Waals surface area contributed by atoms with Gasteiger partial charge in [-0.2, -0.15) is 0 Å². The van der Waals surface area contributed by atoms with Crippen LogP contribution in [-0.2, 0) is 21.2 Å². The van der Waals surface area contributed by atoms with E-state index in [1.807, 2.05) is 30.3 Å². The molecule has 7 heteroatoms. The molecule has 0 saturated carbocycles. The Balaban J connectivity index is 1.68. The minimum Gasteiger partial charge on any atom is -0.489 e. The molecule has 0 radical (unpaired) electrons. The second kappa shape index (κ2) is 7.25. The summed E-state index contributed by atoms with van der Waals surface area (Å²) in [7, 11) is -3.41. The third-order valence-corrected chi connectivity index (χ3v) is 5.75. The average Bonchev–Trinajstić information content (AvgIpc) is 2.60. The topological polar surface area (TPSA) is 92.7 Å². The van der Waals surface area contributed by atoms with E-state index < -0.39 is 27.9 Å². The Hall–Kier alpha value is -2.38. The van der Waals surface area contributed by atoms with E-state index in [0.717, 1.165) is 11.1 Å². The van der Waals surface area contributed by atoms with Crippen molar-refractivity contribution >= 4 is 15.8 Å². The van der Waals surface area contributed by atoms with Gasteiger partial charge >= 0.3 is 5.97 Å². The standard InChI is InChI=1S/C18H19NO5S/c20-18(21)17-12-25(22,23)11-16(19-17)14-6-8-15(9-7-14)24-10-13-4-2-1-3-5-13/h1-9,16-17,19H,10-12H2,(H,20,21). The van der Waals surface area contributed by atoms with Crippen LogP contribution in [0, 0.1) is 0 Å². The van der Waals surface area contributed by atoms with E-state index in [4.69, 9.17) is 9.84 Å². The second-order valence-corrected chi connectivity index (χ2v) is 8.18. The highest BCUT2D eigenvalue weighted by Crippen LogP contribution is 2.24. The summed E-state index contributed by atoms with van der Waals surface area (Å²) in [4.78, 5) is 11.1. The number of carboxylic acids is 1. The van der Waals surface area contributed by atoms with Crippen LogP contribution < -0.4 is 10.1 Å². The van der Waals surface area contributed by atoms with Gasteiger partial charge in [-0.05, 0) is 23.3 Å². The monoisotopic (exact) mass is 361 g/mol. The molecule has 1 aliphatic heterocycles. The zero-order valence-corrected chi connectivity index (χ0v) is 14.3. The highest BCUT2D eigenvalue weighted by molar-refractivity contribution is 7.91. The molecule has 2 aromatic rings. The smallest absolute Gasteiger partial charge is 0.321 e. The summed E-state index contributed by atoms with van der Waals surface area (Å²) in [6, 6.07) is 15.2. The van der Waals surface area contributed by atoms with E-state index in [0.29, 0.717) is 12.4 Å². The van der Waals surface area contributed by atoms with Crippen molar-refractivity contribution in [3.63, 3.8) is 0 Å². The van der Waals surface area contributed by atoms with Gasteiger partial charge in [0.2, 0.25) is 0 Å². The lowest BCUT2D eigenvalue weighted by Gasteiger charge is -2.28. The maximum atomic E-state index is 11.9. The van der Waals surface area contributed by atoms with E-state index in [9.17, 15) is 13.2 Å². The van der Waals surface area contributed by atoms with Gasteiger partial charge in [0.1, 0.15) is 18.4 Å². The molecule has 1 heterocycles. The normalized spacial score (nSPS) is 22.2. The van der Waals surface area contributed by atoms with E-state index in [2.05, 4.69) is 5.32 Å². The summed E-state index contributed by atoms with van der Waals surface area (Å²) in [5.41, 5.74) is 1.78. The Morgan fingerprint density at radius 3 is 2.40 bits per heavy atom. The van der Waals surface area contributed by atoms with Gasteiger partial charge in [-0.25, -0.2) is 8.42 Å². The van der Waals surface area contributed by atoms with Crippen LogP contribution in [-0.4, -0.2) is 37.0 Å². The van der Waals surface area contributed by atoms with Crippen molar-refractivity contribution in [3.8, 4) is 5.75 Å². The molecule has 1 aliphatic rings. The first kappa shape index (κ1) is 17.4. The summed E-state index contributed by atoms with van der Waals surface area (Å²) >= 11 is 0. The molecule has 0 aromatic heterocycles. The predicted molar refractivity (Wildman–Crippen MR) is 93.2 cm³/mol. The average molecular weight is 361 g/mol. The van der Waals surface area contributed by atoms with E-state index in [1.54, 1.807) is 24.3 Å². The number of benzene rings is 2. The molecule has 2 aromatic carbocycles. The van der Waals surface area contributed by atoms with Crippen LogP contribution in [0.3, 0.4) is 0 Å². The van der Waals surface area contributed by atoms with Gasteiger partial charge in [-0.1, -0.05) is 42.5 Å². The highest BCUT2D eigenvalue weighted by Gasteiger charge is 2.35. The Morgan fingerprint density at radius 2 is 1.76 bits per heavy atom. The number of nitrogens with one attached hydrogen (secondary N) is 1. The van der Waals surface area contributed by atoms with Crippen LogP contribution >= 0.6 is 0 Å². The third kappa shape index (κ3) is 4.58. The minimum atomic E-state index is -3.41. The Morgan fingerprint density at radius 1 is 1.08 bits per heavy atom. The molecule has 0 amide bonds. The van der Waals surface area contributed by atoms with Gasteiger partial charge in [0.25, 0.3) is 0 Å². The third-order valence-electron chi connectivity index (χ3n) is 4.07. The molecule has 0 spiro atoms. The van der Waals surface area contributed by atoms with Gasteiger partial charge in [0.05, 0.1) is 11.5 Å². The number of hydrogen-bond acceptors (Lipinski definition) is 5. The van der Waals surface area contributed by atoms with E-state index in [-0.39, 0.29) is 11.5 Å². The number of carbonyl (C=O) groups is 1. The summed E-state index contributed by atoms with van der Waals surface area (Å²) in [5, 5.41) is 12.0. The van der Waals surface area contributed by atoms with Gasteiger partial charge in [-0.3, -0.25) is 10.1 Å². The van der Waals surface area contributed by atoms with Crippen molar-refractivity contribution in [1.29, 1.82) is 0 Å². The molecule has 25 heavy (non-hydrogen) atoms. The van der Waals surface area contributed by atoms with Crippen molar-refractivity contribution in [2.75, 3.05) is 11.5 Å². The van der Waals surface area contributed by atoms with Crippen molar-refractivity contribution in [2.45, 2.75) is 18.7 Å². The van der Waals surface area contributed by atoms with Gasteiger partial charge in [0, 0.05) is 6.04 Å². The molecular weight excluding hydrogens is 342 g/mol. The number of aliphatic carboxylic acids is 1. The Kier molecular flexibility index (Phi) is 5.06. The second-order valence-electron chi connectivity index (χ2n) is 6.03. The quantitative estimate of drug-likeness (QED) is 0.843. The number of rotatable bonds is 5. The molecule has 2 unspecified atom stereocenters.